The standard InChI is InChI=1S/C20H13ClF4N2O3/c21-16-3-1-2-4-18(16)30-19-13(8-26-10-27-19)14(9-29-11-28)12-5-6-15(17(22)7-12)20(23,24)25/h1-8,10-11,14H,9H2. The Balaban J connectivity index is 2.04. The molecule has 0 aliphatic heterocycles. The molecule has 156 valence electrons. The quantitative estimate of drug-likeness (QED) is 0.364. The zero-order valence-electron chi connectivity index (χ0n) is 15.1. The van der Waals surface area contributed by atoms with Crippen molar-refractivity contribution in [3.63, 3.8) is 0 Å². The van der Waals surface area contributed by atoms with E-state index in [9.17, 15) is 22.4 Å². The fourth-order valence-corrected chi connectivity index (χ4v) is 2.94. The second-order valence-electron chi connectivity index (χ2n) is 6.03. The summed E-state index contributed by atoms with van der Waals surface area (Å²) in [7, 11) is 0. The molecule has 1 aromatic heterocycles. The number of aromatic nitrogens is 2. The van der Waals surface area contributed by atoms with Crippen LogP contribution >= 0.6 is 11.6 Å². The van der Waals surface area contributed by atoms with Crippen molar-refractivity contribution in [1.82, 2.24) is 9.97 Å². The van der Waals surface area contributed by atoms with Crippen LogP contribution in [0.2, 0.25) is 5.02 Å². The Labute approximate surface area is 173 Å². The van der Waals surface area contributed by atoms with E-state index in [0.29, 0.717) is 11.1 Å². The number of ether oxygens (including phenoxy) is 2. The number of alkyl halides is 3. The van der Waals surface area contributed by atoms with Crippen LogP contribution < -0.4 is 4.74 Å². The Hall–Kier alpha value is -3.20. The van der Waals surface area contributed by atoms with Crippen molar-refractivity contribution in [3.05, 3.63) is 82.5 Å². The number of carbonyl (C=O) groups excluding carboxylic acids is 1. The molecular formula is C20H13ClF4N2O3. The molecule has 3 rings (SSSR count). The number of halogens is 5. The van der Waals surface area contributed by atoms with Crippen LogP contribution in [0.15, 0.2) is 55.0 Å². The molecule has 2 aromatic carbocycles. The molecule has 0 bridgehead atoms. The second-order valence-corrected chi connectivity index (χ2v) is 6.44. The van der Waals surface area contributed by atoms with Crippen LogP contribution in [0.4, 0.5) is 17.6 Å². The molecule has 1 atom stereocenters. The van der Waals surface area contributed by atoms with Crippen LogP contribution in [-0.2, 0) is 15.7 Å². The summed E-state index contributed by atoms with van der Waals surface area (Å²) >= 11 is 6.09. The van der Waals surface area contributed by atoms with Crippen molar-refractivity contribution < 1.29 is 31.8 Å². The van der Waals surface area contributed by atoms with Gasteiger partial charge in [-0.3, -0.25) is 4.79 Å². The van der Waals surface area contributed by atoms with Gasteiger partial charge in [0, 0.05) is 11.8 Å². The molecule has 1 heterocycles. The number of carbonyl (C=O) groups is 1. The molecule has 1 unspecified atom stereocenters. The molecule has 0 N–H and O–H groups in total. The highest BCUT2D eigenvalue weighted by atomic mass is 35.5. The van der Waals surface area contributed by atoms with Crippen molar-refractivity contribution in [2.75, 3.05) is 6.61 Å². The van der Waals surface area contributed by atoms with Crippen LogP contribution in [0.5, 0.6) is 11.6 Å². The normalized spacial score (nSPS) is 12.3. The molecule has 10 heteroatoms. The number of hydrogen-bond donors (Lipinski definition) is 0. The minimum absolute atomic E-state index is 0.0258. The summed E-state index contributed by atoms with van der Waals surface area (Å²) in [4.78, 5) is 18.7. The highest BCUT2D eigenvalue weighted by molar-refractivity contribution is 6.32. The largest absolute Gasteiger partial charge is 0.467 e. The summed E-state index contributed by atoms with van der Waals surface area (Å²) in [5, 5.41) is 0.295. The molecule has 0 amide bonds. The van der Waals surface area contributed by atoms with Gasteiger partial charge < -0.3 is 9.47 Å². The molecule has 0 fully saturated rings. The van der Waals surface area contributed by atoms with Crippen LogP contribution in [0.1, 0.15) is 22.6 Å². The lowest BCUT2D eigenvalue weighted by Crippen LogP contribution is -2.14. The minimum Gasteiger partial charge on any atom is -0.467 e. The van der Waals surface area contributed by atoms with Crippen molar-refractivity contribution in [3.8, 4) is 11.6 Å². The first-order valence-corrected chi connectivity index (χ1v) is 8.83. The summed E-state index contributed by atoms with van der Waals surface area (Å²) in [5.74, 6) is -2.06. The number of benzene rings is 2. The van der Waals surface area contributed by atoms with Gasteiger partial charge >= 0.3 is 6.18 Å². The van der Waals surface area contributed by atoms with Crippen molar-refractivity contribution in [2.45, 2.75) is 12.1 Å². The van der Waals surface area contributed by atoms with Crippen LogP contribution in [0.25, 0.3) is 0 Å². The van der Waals surface area contributed by atoms with Crippen molar-refractivity contribution in [1.29, 1.82) is 0 Å². The lowest BCUT2D eigenvalue weighted by molar-refractivity contribution is -0.140. The lowest BCUT2D eigenvalue weighted by atomic mass is 9.92. The van der Waals surface area contributed by atoms with E-state index in [4.69, 9.17) is 21.1 Å². The summed E-state index contributed by atoms with van der Waals surface area (Å²) in [6, 6.07) is 9.00. The maximum Gasteiger partial charge on any atom is 0.419 e. The Morgan fingerprint density at radius 3 is 2.60 bits per heavy atom. The molecule has 0 saturated carbocycles. The van der Waals surface area contributed by atoms with Crippen LogP contribution in [0, 0.1) is 5.82 Å². The van der Waals surface area contributed by atoms with E-state index in [2.05, 4.69) is 9.97 Å². The third-order valence-corrected chi connectivity index (χ3v) is 4.47. The Morgan fingerprint density at radius 1 is 1.17 bits per heavy atom. The SMILES string of the molecule is O=COCC(c1ccc(C(F)(F)F)c(F)c1)c1cncnc1Oc1ccccc1Cl. The van der Waals surface area contributed by atoms with Gasteiger partial charge in [-0.15, -0.1) is 0 Å². The second kappa shape index (κ2) is 9.08. The average Bonchev–Trinajstić information content (AvgIpc) is 2.70. The fraction of sp³-hybridized carbons (Fsp3) is 0.150. The van der Waals surface area contributed by atoms with E-state index in [-0.39, 0.29) is 35.8 Å². The number of nitrogens with zero attached hydrogens (tertiary/aromatic N) is 2. The molecule has 0 aliphatic carbocycles. The average molecular weight is 441 g/mol. The first-order chi connectivity index (χ1) is 14.3. The topological polar surface area (TPSA) is 61.3 Å². The highest BCUT2D eigenvalue weighted by Crippen LogP contribution is 2.37. The van der Waals surface area contributed by atoms with Crippen molar-refractivity contribution in [2.24, 2.45) is 0 Å². The molecule has 3 aromatic rings. The Kier molecular flexibility index (Phi) is 6.51. The van der Waals surface area contributed by atoms with Gasteiger partial charge in [0.15, 0.2) is 0 Å². The highest BCUT2D eigenvalue weighted by Gasteiger charge is 2.34. The van der Waals surface area contributed by atoms with Gasteiger partial charge in [0.1, 0.15) is 24.5 Å². The fourth-order valence-electron chi connectivity index (χ4n) is 2.76. The van der Waals surface area contributed by atoms with Gasteiger partial charge in [-0.1, -0.05) is 29.8 Å². The monoisotopic (exact) mass is 440 g/mol. The number of rotatable bonds is 7. The van der Waals surface area contributed by atoms with E-state index < -0.39 is 23.5 Å². The van der Waals surface area contributed by atoms with Crippen LogP contribution in [0.3, 0.4) is 0 Å². The first kappa shape index (κ1) is 21.5. The summed E-state index contributed by atoms with van der Waals surface area (Å²) < 4.78 is 63.3. The molecule has 0 spiro atoms. The smallest absolute Gasteiger partial charge is 0.419 e. The van der Waals surface area contributed by atoms with E-state index in [1.165, 1.54) is 12.5 Å². The van der Waals surface area contributed by atoms with Crippen molar-refractivity contribution >= 4 is 18.1 Å². The minimum atomic E-state index is -4.84. The molecule has 0 saturated heterocycles. The summed E-state index contributed by atoms with van der Waals surface area (Å²) in [6.45, 7) is -0.133. The van der Waals surface area contributed by atoms with Gasteiger partial charge in [0.2, 0.25) is 5.88 Å². The number of para-hydroxylation sites is 1. The Morgan fingerprint density at radius 2 is 1.93 bits per heavy atom. The summed E-state index contributed by atoms with van der Waals surface area (Å²) in [6.07, 6.45) is -2.31. The van der Waals surface area contributed by atoms with E-state index in [1.54, 1.807) is 24.3 Å². The zero-order chi connectivity index (χ0) is 21.7. The van der Waals surface area contributed by atoms with E-state index in [0.717, 1.165) is 12.1 Å². The number of hydrogen-bond acceptors (Lipinski definition) is 5. The van der Waals surface area contributed by atoms with Gasteiger partial charge in [0.05, 0.1) is 16.5 Å². The van der Waals surface area contributed by atoms with E-state index in [1.807, 2.05) is 0 Å². The zero-order valence-corrected chi connectivity index (χ0v) is 15.8. The van der Waals surface area contributed by atoms with E-state index >= 15 is 0 Å². The summed E-state index contributed by atoms with van der Waals surface area (Å²) in [5.41, 5.74) is -1.03. The molecule has 30 heavy (non-hydrogen) atoms. The van der Waals surface area contributed by atoms with Gasteiger partial charge in [-0.05, 0) is 29.8 Å². The Bertz CT molecular complexity index is 1050. The lowest BCUT2D eigenvalue weighted by Gasteiger charge is -2.20. The first-order valence-electron chi connectivity index (χ1n) is 8.45. The molecule has 0 aliphatic rings. The predicted molar refractivity (Wildman–Crippen MR) is 98.8 cm³/mol. The van der Waals surface area contributed by atoms with Gasteiger partial charge in [-0.2, -0.15) is 13.2 Å². The maximum absolute atomic E-state index is 14.1. The van der Waals surface area contributed by atoms with Crippen LogP contribution in [-0.4, -0.2) is 23.0 Å². The third kappa shape index (κ3) is 4.85. The molecule has 0 radical (unpaired) electrons. The third-order valence-electron chi connectivity index (χ3n) is 4.15. The van der Waals surface area contributed by atoms with Gasteiger partial charge in [0.25, 0.3) is 6.47 Å². The predicted octanol–water partition coefficient (Wildman–Crippen LogP) is 5.39. The molecular weight excluding hydrogens is 428 g/mol. The van der Waals surface area contributed by atoms with Gasteiger partial charge in [-0.25, -0.2) is 14.4 Å². The maximum atomic E-state index is 14.1. The molecule has 5 nitrogen and oxygen atoms in total.